The second-order valence-electron chi connectivity index (χ2n) is 4.59. The molecule has 1 aromatic carbocycles. The SMILES string of the molecule is CNCc1cccc(S(=O)(=O)Nc2c(C)n[nH]c2C)c1. The summed E-state index contributed by atoms with van der Waals surface area (Å²) in [4.78, 5) is 0.241. The van der Waals surface area contributed by atoms with Crippen LogP contribution in [0.5, 0.6) is 0 Å². The van der Waals surface area contributed by atoms with Crippen LogP contribution < -0.4 is 10.0 Å². The molecule has 0 saturated carbocycles. The van der Waals surface area contributed by atoms with Crippen LogP contribution in [-0.2, 0) is 16.6 Å². The highest BCUT2D eigenvalue weighted by atomic mass is 32.2. The van der Waals surface area contributed by atoms with Crippen molar-refractivity contribution in [3.05, 3.63) is 41.2 Å². The van der Waals surface area contributed by atoms with Crippen molar-refractivity contribution in [2.75, 3.05) is 11.8 Å². The van der Waals surface area contributed by atoms with Gasteiger partial charge in [0.15, 0.2) is 0 Å². The first-order valence-corrected chi connectivity index (χ1v) is 7.70. The van der Waals surface area contributed by atoms with Crippen molar-refractivity contribution < 1.29 is 8.42 Å². The minimum absolute atomic E-state index is 0.241. The lowest BCUT2D eigenvalue weighted by molar-refractivity contribution is 0.601. The quantitative estimate of drug-likeness (QED) is 0.781. The zero-order valence-electron chi connectivity index (χ0n) is 11.7. The summed E-state index contributed by atoms with van der Waals surface area (Å²) in [5.41, 5.74) is 2.73. The molecule has 20 heavy (non-hydrogen) atoms. The predicted octanol–water partition coefficient (Wildman–Crippen LogP) is 1.55. The van der Waals surface area contributed by atoms with Gasteiger partial charge in [0, 0.05) is 6.54 Å². The third kappa shape index (κ3) is 3.00. The van der Waals surface area contributed by atoms with Gasteiger partial charge in [-0.1, -0.05) is 12.1 Å². The van der Waals surface area contributed by atoms with Gasteiger partial charge in [0.05, 0.1) is 22.0 Å². The van der Waals surface area contributed by atoms with Crippen LogP contribution in [0.15, 0.2) is 29.2 Å². The average molecular weight is 294 g/mol. The van der Waals surface area contributed by atoms with Gasteiger partial charge in [-0.15, -0.1) is 0 Å². The number of hydrogen-bond donors (Lipinski definition) is 3. The van der Waals surface area contributed by atoms with E-state index in [1.54, 1.807) is 32.0 Å². The highest BCUT2D eigenvalue weighted by molar-refractivity contribution is 7.92. The summed E-state index contributed by atoms with van der Waals surface area (Å²) in [6, 6.07) is 6.84. The molecule has 7 heteroatoms. The summed E-state index contributed by atoms with van der Waals surface area (Å²) in [6.07, 6.45) is 0. The van der Waals surface area contributed by atoms with Crippen LogP contribution in [0, 0.1) is 13.8 Å². The first kappa shape index (κ1) is 14.5. The fraction of sp³-hybridized carbons (Fsp3) is 0.308. The fourth-order valence-corrected chi connectivity index (χ4v) is 3.17. The van der Waals surface area contributed by atoms with E-state index in [4.69, 9.17) is 0 Å². The monoisotopic (exact) mass is 294 g/mol. The molecule has 0 fully saturated rings. The topological polar surface area (TPSA) is 86.9 Å². The molecule has 2 rings (SSSR count). The van der Waals surface area contributed by atoms with Crippen molar-refractivity contribution in [2.45, 2.75) is 25.3 Å². The summed E-state index contributed by atoms with van der Waals surface area (Å²) < 4.78 is 27.4. The van der Waals surface area contributed by atoms with Gasteiger partial charge < -0.3 is 5.32 Å². The molecular formula is C13H18N4O2S. The van der Waals surface area contributed by atoms with Crippen LogP contribution in [0.3, 0.4) is 0 Å². The van der Waals surface area contributed by atoms with Crippen LogP contribution in [-0.4, -0.2) is 25.7 Å². The number of anilines is 1. The molecule has 0 saturated heterocycles. The molecule has 0 atom stereocenters. The molecule has 3 N–H and O–H groups in total. The molecule has 0 aliphatic rings. The summed E-state index contributed by atoms with van der Waals surface area (Å²) >= 11 is 0. The second kappa shape index (κ2) is 5.64. The summed E-state index contributed by atoms with van der Waals surface area (Å²) in [7, 11) is -1.79. The molecule has 0 amide bonds. The Morgan fingerprint density at radius 2 is 2.05 bits per heavy atom. The van der Waals surface area contributed by atoms with Gasteiger partial charge in [0.1, 0.15) is 0 Å². The molecule has 1 aromatic heterocycles. The largest absolute Gasteiger partial charge is 0.316 e. The lowest BCUT2D eigenvalue weighted by Crippen LogP contribution is -2.15. The number of nitrogens with zero attached hydrogens (tertiary/aromatic N) is 1. The maximum atomic E-state index is 12.4. The number of H-pyrrole nitrogens is 1. The summed E-state index contributed by atoms with van der Waals surface area (Å²) in [5, 5.41) is 9.73. The van der Waals surface area contributed by atoms with Crippen molar-refractivity contribution in [2.24, 2.45) is 0 Å². The van der Waals surface area contributed by atoms with Crippen LogP contribution in [0.25, 0.3) is 0 Å². The van der Waals surface area contributed by atoms with E-state index in [1.807, 2.05) is 13.1 Å². The Labute approximate surface area is 118 Å². The number of sulfonamides is 1. The molecule has 0 aliphatic heterocycles. The van der Waals surface area contributed by atoms with Crippen molar-refractivity contribution in [3.8, 4) is 0 Å². The van der Waals surface area contributed by atoms with Crippen LogP contribution >= 0.6 is 0 Å². The molecule has 108 valence electrons. The van der Waals surface area contributed by atoms with Gasteiger partial charge in [-0.25, -0.2) is 8.42 Å². The van der Waals surface area contributed by atoms with Crippen molar-refractivity contribution in [1.82, 2.24) is 15.5 Å². The Kier molecular flexibility index (Phi) is 4.10. The van der Waals surface area contributed by atoms with E-state index in [0.717, 1.165) is 5.56 Å². The second-order valence-corrected chi connectivity index (χ2v) is 6.27. The Morgan fingerprint density at radius 3 is 2.65 bits per heavy atom. The van der Waals surface area contributed by atoms with Gasteiger partial charge in [0.25, 0.3) is 10.0 Å². The summed E-state index contributed by atoms with van der Waals surface area (Å²) in [5.74, 6) is 0. The van der Waals surface area contributed by atoms with Gasteiger partial charge in [0.2, 0.25) is 0 Å². The highest BCUT2D eigenvalue weighted by Gasteiger charge is 2.18. The van der Waals surface area contributed by atoms with Gasteiger partial charge in [-0.3, -0.25) is 9.82 Å². The molecule has 6 nitrogen and oxygen atoms in total. The molecular weight excluding hydrogens is 276 g/mol. The van der Waals surface area contributed by atoms with Crippen molar-refractivity contribution >= 4 is 15.7 Å². The van der Waals surface area contributed by atoms with E-state index in [9.17, 15) is 8.42 Å². The Bertz CT molecular complexity index is 687. The normalized spacial score (nSPS) is 11.6. The Hall–Kier alpha value is -1.86. The Balaban J connectivity index is 2.33. The molecule has 0 bridgehead atoms. The van der Waals surface area contributed by atoms with Gasteiger partial charge in [-0.2, -0.15) is 5.10 Å². The van der Waals surface area contributed by atoms with E-state index in [2.05, 4.69) is 20.2 Å². The van der Waals surface area contributed by atoms with Crippen molar-refractivity contribution in [3.63, 3.8) is 0 Å². The average Bonchev–Trinajstić information content (AvgIpc) is 2.71. The number of nitrogens with one attached hydrogen (secondary N) is 3. The van der Waals surface area contributed by atoms with Gasteiger partial charge >= 0.3 is 0 Å². The van der Waals surface area contributed by atoms with E-state index in [0.29, 0.717) is 23.6 Å². The number of aryl methyl sites for hydroxylation is 2. The lowest BCUT2D eigenvalue weighted by atomic mass is 10.2. The molecule has 1 heterocycles. The number of rotatable bonds is 5. The predicted molar refractivity (Wildman–Crippen MR) is 78.1 cm³/mol. The minimum Gasteiger partial charge on any atom is -0.316 e. The summed E-state index contributed by atoms with van der Waals surface area (Å²) in [6.45, 7) is 4.14. The van der Waals surface area contributed by atoms with Crippen molar-refractivity contribution in [1.29, 1.82) is 0 Å². The molecule has 0 unspecified atom stereocenters. The first-order valence-electron chi connectivity index (χ1n) is 6.22. The zero-order chi connectivity index (χ0) is 14.8. The van der Waals surface area contributed by atoms with Gasteiger partial charge in [-0.05, 0) is 38.6 Å². The molecule has 0 spiro atoms. The van der Waals surface area contributed by atoms with Crippen LogP contribution in [0.1, 0.15) is 17.0 Å². The number of aromatic amines is 1. The maximum Gasteiger partial charge on any atom is 0.262 e. The van der Waals surface area contributed by atoms with E-state index in [-0.39, 0.29) is 4.90 Å². The minimum atomic E-state index is -3.61. The number of aromatic nitrogens is 2. The van der Waals surface area contributed by atoms with Crippen LogP contribution in [0.4, 0.5) is 5.69 Å². The smallest absolute Gasteiger partial charge is 0.262 e. The zero-order valence-corrected chi connectivity index (χ0v) is 12.5. The molecule has 0 radical (unpaired) electrons. The maximum absolute atomic E-state index is 12.4. The third-order valence-corrected chi connectivity index (χ3v) is 4.30. The molecule has 0 aliphatic carbocycles. The molecule has 2 aromatic rings. The highest BCUT2D eigenvalue weighted by Crippen LogP contribution is 2.21. The van der Waals surface area contributed by atoms with Crippen LogP contribution in [0.2, 0.25) is 0 Å². The third-order valence-electron chi connectivity index (χ3n) is 2.95. The Morgan fingerprint density at radius 1 is 1.30 bits per heavy atom. The fourth-order valence-electron chi connectivity index (χ4n) is 1.92. The number of benzene rings is 1. The van der Waals surface area contributed by atoms with E-state index in [1.165, 1.54) is 0 Å². The van der Waals surface area contributed by atoms with E-state index >= 15 is 0 Å². The lowest BCUT2D eigenvalue weighted by Gasteiger charge is -2.09. The first-order chi connectivity index (χ1) is 9.44. The van der Waals surface area contributed by atoms with E-state index < -0.39 is 10.0 Å². The number of hydrogen-bond acceptors (Lipinski definition) is 4. The standard InChI is InChI=1S/C13H18N4O2S/c1-9-13(10(2)16-15-9)17-20(18,19)12-6-4-5-11(7-12)8-14-3/h4-7,14,17H,8H2,1-3H3,(H,15,16).